The van der Waals surface area contributed by atoms with Gasteiger partial charge in [-0.2, -0.15) is 0 Å². The van der Waals surface area contributed by atoms with E-state index in [1.165, 1.54) is 31.2 Å². The van der Waals surface area contributed by atoms with E-state index in [1.54, 1.807) is 42.5 Å². The molecule has 0 heterocycles. The van der Waals surface area contributed by atoms with Crippen LogP contribution in [0.25, 0.3) is 0 Å². The highest BCUT2D eigenvalue weighted by Gasteiger charge is 2.16. The van der Waals surface area contributed by atoms with Crippen LogP contribution in [-0.2, 0) is 9.59 Å². The van der Waals surface area contributed by atoms with Crippen LogP contribution < -0.4 is 9.47 Å². The standard InChI is InChI=1S/C22H18O5S/c1-4-8-16(5-2)22(25)28-18-13-11-17(12-14-18)27-21(24)19-9-6-7-10-20(19)26-15(3)23/h4-14H,1-2H2,3H3. The van der Waals surface area contributed by atoms with Crippen LogP contribution in [-0.4, -0.2) is 17.1 Å². The maximum atomic E-state index is 12.4. The summed E-state index contributed by atoms with van der Waals surface area (Å²) in [6, 6.07) is 12.8. The van der Waals surface area contributed by atoms with Crippen molar-refractivity contribution >= 4 is 28.8 Å². The topological polar surface area (TPSA) is 69.7 Å². The smallest absolute Gasteiger partial charge is 0.347 e. The molecule has 28 heavy (non-hydrogen) atoms. The van der Waals surface area contributed by atoms with Gasteiger partial charge in [-0.1, -0.05) is 43.5 Å². The maximum absolute atomic E-state index is 12.4. The Morgan fingerprint density at radius 3 is 2.25 bits per heavy atom. The summed E-state index contributed by atoms with van der Waals surface area (Å²) in [6.45, 7) is 8.42. The number of allylic oxidation sites excluding steroid dienone is 3. The highest BCUT2D eigenvalue weighted by atomic mass is 32.2. The Morgan fingerprint density at radius 2 is 1.64 bits per heavy atom. The highest BCUT2D eigenvalue weighted by molar-refractivity contribution is 8.14. The number of rotatable bonds is 7. The van der Waals surface area contributed by atoms with Crippen molar-refractivity contribution < 1.29 is 23.9 Å². The van der Waals surface area contributed by atoms with Crippen LogP contribution in [0.15, 0.2) is 90.4 Å². The summed E-state index contributed by atoms with van der Waals surface area (Å²) in [5.74, 6) is -0.763. The van der Waals surface area contributed by atoms with E-state index >= 15 is 0 Å². The van der Waals surface area contributed by atoms with Gasteiger partial charge in [-0.3, -0.25) is 9.59 Å². The maximum Gasteiger partial charge on any atom is 0.347 e. The first-order valence-electron chi connectivity index (χ1n) is 8.21. The number of thioether (sulfide) groups is 1. The third-order valence-electron chi connectivity index (χ3n) is 3.36. The third-order valence-corrected chi connectivity index (χ3v) is 4.29. The Hall–Kier alpha value is -3.38. The molecule has 0 amide bonds. The van der Waals surface area contributed by atoms with Gasteiger partial charge in [-0.25, -0.2) is 4.79 Å². The Morgan fingerprint density at radius 1 is 0.964 bits per heavy atom. The molecule has 0 unspecified atom stereocenters. The van der Waals surface area contributed by atoms with Crippen molar-refractivity contribution in [3.8, 4) is 11.5 Å². The number of hydrogen-bond acceptors (Lipinski definition) is 6. The van der Waals surface area contributed by atoms with Gasteiger partial charge in [-0.05, 0) is 48.2 Å². The molecule has 0 N–H and O–H groups in total. The largest absolute Gasteiger partial charge is 0.426 e. The predicted octanol–water partition coefficient (Wildman–Crippen LogP) is 4.75. The summed E-state index contributed by atoms with van der Waals surface area (Å²) in [6.07, 6.45) is 4.57. The molecular weight excluding hydrogens is 376 g/mol. The first-order valence-corrected chi connectivity index (χ1v) is 9.03. The van der Waals surface area contributed by atoms with Crippen LogP contribution in [0.2, 0.25) is 0 Å². The van der Waals surface area contributed by atoms with Crippen molar-refractivity contribution in [1.29, 1.82) is 0 Å². The van der Waals surface area contributed by atoms with E-state index < -0.39 is 11.9 Å². The second-order valence-electron chi connectivity index (χ2n) is 5.40. The van der Waals surface area contributed by atoms with Crippen molar-refractivity contribution in [2.45, 2.75) is 11.8 Å². The number of benzene rings is 2. The van der Waals surface area contributed by atoms with Crippen molar-refractivity contribution in [1.82, 2.24) is 0 Å². The Bertz CT molecular complexity index is 942. The van der Waals surface area contributed by atoms with Crippen molar-refractivity contribution in [2.75, 3.05) is 0 Å². The summed E-state index contributed by atoms with van der Waals surface area (Å²) in [5.41, 5.74) is 0.578. The molecule has 0 spiro atoms. The Labute approximate surface area is 167 Å². The second-order valence-corrected chi connectivity index (χ2v) is 6.45. The Kier molecular flexibility index (Phi) is 7.54. The summed E-state index contributed by atoms with van der Waals surface area (Å²) >= 11 is 1.03. The van der Waals surface area contributed by atoms with Crippen molar-refractivity contribution in [3.63, 3.8) is 0 Å². The average Bonchev–Trinajstić information content (AvgIpc) is 2.67. The van der Waals surface area contributed by atoms with E-state index in [2.05, 4.69) is 13.2 Å². The van der Waals surface area contributed by atoms with Gasteiger partial charge in [0.05, 0.1) is 0 Å². The second kappa shape index (κ2) is 10.1. The summed E-state index contributed by atoms with van der Waals surface area (Å²) in [5, 5.41) is -0.171. The monoisotopic (exact) mass is 394 g/mol. The molecule has 0 aliphatic rings. The van der Waals surface area contributed by atoms with Gasteiger partial charge in [-0.15, -0.1) is 0 Å². The summed E-state index contributed by atoms with van der Waals surface area (Å²) < 4.78 is 10.3. The fraction of sp³-hybridized carbons (Fsp3) is 0.0455. The number of para-hydroxylation sites is 1. The summed E-state index contributed by atoms with van der Waals surface area (Å²) in [4.78, 5) is 36.4. The van der Waals surface area contributed by atoms with Gasteiger partial charge in [0, 0.05) is 17.4 Å². The SMILES string of the molecule is C=CC=C(C=C)C(=O)Sc1ccc(OC(=O)c2ccccc2OC(C)=O)cc1. The van der Waals surface area contributed by atoms with Crippen LogP contribution >= 0.6 is 11.8 Å². The molecule has 6 heteroatoms. The van der Waals surface area contributed by atoms with E-state index in [1.807, 2.05) is 0 Å². The zero-order valence-corrected chi connectivity index (χ0v) is 16.0. The van der Waals surface area contributed by atoms with Gasteiger partial charge in [0.2, 0.25) is 5.12 Å². The minimum atomic E-state index is -0.656. The minimum Gasteiger partial charge on any atom is -0.426 e. The van der Waals surface area contributed by atoms with E-state index in [0.717, 1.165) is 11.8 Å². The molecule has 2 rings (SSSR count). The molecule has 2 aromatic rings. The molecule has 0 bridgehead atoms. The molecule has 0 aliphatic heterocycles. The lowest BCUT2D eigenvalue weighted by molar-refractivity contribution is -0.131. The molecule has 142 valence electrons. The lowest BCUT2D eigenvalue weighted by Gasteiger charge is -2.09. The third kappa shape index (κ3) is 5.82. The van der Waals surface area contributed by atoms with Crippen molar-refractivity contribution in [2.24, 2.45) is 0 Å². The molecule has 0 saturated heterocycles. The number of carbonyl (C=O) groups is 3. The van der Waals surface area contributed by atoms with Crippen molar-refractivity contribution in [3.05, 3.63) is 91.1 Å². The van der Waals surface area contributed by atoms with E-state index in [9.17, 15) is 14.4 Å². The van der Waals surface area contributed by atoms with Gasteiger partial charge in [0.15, 0.2) is 0 Å². The molecule has 0 atom stereocenters. The first-order chi connectivity index (χ1) is 13.4. The molecular formula is C22H18O5S. The zero-order chi connectivity index (χ0) is 20.5. The van der Waals surface area contributed by atoms with Gasteiger partial charge in [0.25, 0.3) is 0 Å². The molecule has 0 fully saturated rings. The molecule has 0 aromatic heterocycles. The van der Waals surface area contributed by atoms with E-state index in [-0.39, 0.29) is 16.4 Å². The highest BCUT2D eigenvalue weighted by Crippen LogP contribution is 2.26. The molecule has 0 saturated carbocycles. The zero-order valence-electron chi connectivity index (χ0n) is 15.2. The Balaban J connectivity index is 2.09. The quantitative estimate of drug-likeness (QED) is 0.222. The number of ether oxygens (including phenoxy) is 2. The first kappa shape index (κ1) is 20.9. The van der Waals surface area contributed by atoms with Crippen LogP contribution in [0.4, 0.5) is 0 Å². The molecule has 5 nitrogen and oxygen atoms in total. The van der Waals surface area contributed by atoms with E-state index in [0.29, 0.717) is 16.2 Å². The minimum absolute atomic E-state index is 0.128. The van der Waals surface area contributed by atoms with Crippen LogP contribution in [0, 0.1) is 0 Å². The van der Waals surface area contributed by atoms with E-state index in [4.69, 9.17) is 9.47 Å². The molecule has 0 radical (unpaired) electrons. The number of hydrogen-bond donors (Lipinski definition) is 0. The number of carbonyl (C=O) groups excluding carboxylic acids is 3. The summed E-state index contributed by atoms with van der Waals surface area (Å²) in [7, 11) is 0. The lowest BCUT2D eigenvalue weighted by atomic mass is 10.2. The predicted molar refractivity (Wildman–Crippen MR) is 108 cm³/mol. The molecule has 0 aliphatic carbocycles. The van der Waals surface area contributed by atoms with Gasteiger partial charge >= 0.3 is 11.9 Å². The van der Waals surface area contributed by atoms with Crippen LogP contribution in [0.3, 0.4) is 0 Å². The fourth-order valence-corrected chi connectivity index (χ4v) is 2.88. The average molecular weight is 394 g/mol. The normalized spacial score (nSPS) is 10.7. The molecule has 2 aromatic carbocycles. The van der Waals surface area contributed by atoms with Crippen LogP contribution in [0.5, 0.6) is 11.5 Å². The number of esters is 2. The van der Waals surface area contributed by atoms with Gasteiger partial charge in [0.1, 0.15) is 17.1 Å². The fourth-order valence-electron chi connectivity index (χ4n) is 2.13. The van der Waals surface area contributed by atoms with Gasteiger partial charge < -0.3 is 9.47 Å². The lowest BCUT2D eigenvalue weighted by Crippen LogP contribution is -2.12. The van der Waals surface area contributed by atoms with Crippen LogP contribution in [0.1, 0.15) is 17.3 Å².